The number of anilines is 1. The van der Waals surface area contributed by atoms with E-state index in [0.29, 0.717) is 18.8 Å². The predicted molar refractivity (Wildman–Crippen MR) is 111 cm³/mol. The molecule has 4 atom stereocenters. The topological polar surface area (TPSA) is 133 Å². The molecule has 168 valence electrons. The van der Waals surface area contributed by atoms with Crippen LogP contribution in [0.2, 0.25) is 0 Å². The fraction of sp³-hybridized carbons (Fsp3) is 0.737. The highest BCUT2D eigenvalue weighted by molar-refractivity contribution is 7.88. The second kappa shape index (κ2) is 8.93. The van der Waals surface area contributed by atoms with Gasteiger partial charge in [0.25, 0.3) is 0 Å². The first-order valence-electron chi connectivity index (χ1n) is 10.3. The van der Waals surface area contributed by atoms with Crippen molar-refractivity contribution in [3.8, 4) is 0 Å². The number of aromatic amines is 1. The van der Waals surface area contributed by atoms with Crippen LogP contribution in [0, 0.1) is 11.8 Å². The highest BCUT2D eigenvalue weighted by Gasteiger charge is 2.39. The van der Waals surface area contributed by atoms with Gasteiger partial charge in [0, 0.05) is 36.8 Å². The van der Waals surface area contributed by atoms with Gasteiger partial charge in [-0.1, -0.05) is 6.92 Å². The van der Waals surface area contributed by atoms with E-state index in [1.165, 1.54) is 4.31 Å². The number of alkyl carbamates (subject to hydrolysis) is 1. The van der Waals surface area contributed by atoms with E-state index in [2.05, 4.69) is 20.8 Å². The molecule has 1 aliphatic heterocycles. The largest absolute Gasteiger partial charge is 0.446 e. The zero-order valence-electron chi connectivity index (χ0n) is 17.8. The van der Waals surface area contributed by atoms with Crippen molar-refractivity contribution in [1.29, 1.82) is 0 Å². The van der Waals surface area contributed by atoms with Gasteiger partial charge in [0.05, 0.1) is 12.2 Å². The summed E-state index contributed by atoms with van der Waals surface area (Å²) in [6, 6.07) is 1.83. The van der Waals surface area contributed by atoms with E-state index >= 15 is 0 Å². The van der Waals surface area contributed by atoms with E-state index in [4.69, 9.17) is 4.74 Å². The van der Waals surface area contributed by atoms with Gasteiger partial charge in [0.2, 0.25) is 15.9 Å². The van der Waals surface area contributed by atoms with Crippen LogP contribution in [-0.2, 0) is 19.6 Å². The van der Waals surface area contributed by atoms with Gasteiger partial charge in [0.15, 0.2) is 5.82 Å². The average Bonchev–Trinajstić information content (AvgIpc) is 3.33. The van der Waals surface area contributed by atoms with Crippen LogP contribution in [-0.4, -0.2) is 66.4 Å². The Labute approximate surface area is 177 Å². The number of sulfonamides is 1. The van der Waals surface area contributed by atoms with Crippen LogP contribution < -0.4 is 10.6 Å². The Morgan fingerprint density at radius 3 is 2.67 bits per heavy atom. The Balaban J connectivity index is 1.53. The molecule has 1 saturated heterocycles. The average molecular weight is 442 g/mol. The van der Waals surface area contributed by atoms with E-state index in [-0.39, 0.29) is 36.4 Å². The summed E-state index contributed by atoms with van der Waals surface area (Å²) in [4.78, 5) is 24.4. The fourth-order valence-electron chi connectivity index (χ4n) is 4.11. The molecule has 30 heavy (non-hydrogen) atoms. The number of nitrogens with one attached hydrogen (secondary N) is 3. The summed E-state index contributed by atoms with van der Waals surface area (Å²) in [7, 11) is -3.31. The van der Waals surface area contributed by atoms with Crippen LogP contribution >= 0.6 is 0 Å². The number of carbonyl (C=O) groups excluding carboxylic acids is 2. The lowest BCUT2D eigenvalue weighted by Crippen LogP contribution is -2.33. The SMILES string of the molecule is CC(C)NC(=O)O[C@@H]1CC[C@H](c2cc(NC(=O)C3CN(S(C)(=O)=O)CC3C)n[nH]2)C1. The van der Waals surface area contributed by atoms with Crippen LogP contribution in [0.5, 0.6) is 0 Å². The van der Waals surface area contributed by atoms with Gasteiger partial charge in [-0.05, 0) is 39.0 Å². The van der Waals surface area contributed by atoms with E-state index in [0.717, 1.165) is 24.8 Å². The van der Waals surface area contributed by atoms with Crippen LogP contribution in [0.3, 0.4) is 0 Å². The molecule has 2 fully saturated rings. The van der Waals surface area contributed by atoms with Crippen LogP contribution in [0.25, 0.3) is 0 Å². The number of H-pyrrole nitrogens is 1. The van der Waals surface area contributed by atoms with Gasteiger partial charge in [-0.3, -0.25) is 9.89 Å². The second-order valence-electron chi connectivity index (χ2n) is 8.70. The zero-order chi connectivity index (χ0) is 22.1. The maximum absolute atomic E-state index is 12.6. The molecule has 0 bridgehead atoms. The summed E-state index contributed by atoms with van der Waals surface area (Å²) in [5.41, 5.74) is 0.887. The fourth-order valence-corrected chi connectivity index (χ4v) is 5.05. The minimum atomic E-state index is -3.31. The van der Waals surface area contributed by atoms with E-state index in [9.17, 15) is 18.0 Å². The molecule has 0 aromatic carbocycles. The van der Waals surface area contributed by atoms with Crippen LogP contribution in [0.4, 0.5) is 10.6 Å². The molecular weight excluding hydrogens is 410 g/mol. The molecule has 2 heterocycles. The van der Waals surface area contributed by atoms with Gasteiger partial charge in [-0.25, -0.2) is 17.5 Å². The van der Waals surface area contributed by atoms with Crippen molar-refractivity contribution < 1.29 is 22.7 Å². The number of ether oxygens (including phenoxy) is 1. The third-order valence-electron chi connectivity index (χ3n) is 5.74. The summed E-state index contributed by atoms with van der Waals surface area (Å²) in [5, 5.41) is 12.7. The lowest BCUT2D eigenvalue weighted by Gasteiger charge is -2.14. The summed E-state index contributed by atoms with van der Waals surface area (Å²) < 4.78 is 30.3. The molecule has 0 spiro atoms. The maximum Gasteiger partial charge on any atom is 0.407 e. The van der Waals surface area contributed by atoms with E-state index < -0.39 is 22.0 Å². The Kier molecular flexibility index (Phi) is 6.71. The first-order valence-corrected chi connectivity index (χ1v) is 12.2. The monoisotopic (exact) mass is 441 g/mol. The summed E-state index contributed by atoms with van der Waals surface area (Å²) in [6.07, 6.45) is 2.95. The molecule has 1 aliphatic carbocycles. The van der Waals surface area contributed by atoms with Gasteiger partial charge in [-0.2, -0.15) is 5.10 Å². The molecule has 1 aromatic rings. The number of rotatable bonds is 6. The summed E-state index contributed by atoms with van der Waals surface area (Å²) in [6.45, 7) is 6.16. The normalized spacial score (nSPS) is 27.4. The summed E-state index contributed by atoms with van der Waals surface area (Å²) in [5.74, 6) is -0.121. The Morgan fingerprint density at radius 2 is 2.03 bits per heavy atom. The van der Waals surface area contributed by atoms with Gasteiger partial charge < -0.3 is 15.4 Å². The van der Waals surface area contributed by atoms with Gasteiger partial charge in [0.1, 0.15) is 6.10 Å². The van der Waals surface area contributed by atoms with Crippen molar-refractivity contribution in [2.75, 3.05) is 24.7 Å². The summed E-state index contributed by atoms with van der Waals surface area (Å²) >= 11 is 0. The quantitative estimate of drug-likeness (QED) is 0.615. The smallest absolute Gasteiger partial charge is 0.407 e. The Morgan fingerprint density at radius 1 is 1.30 bits per heavy atom. The molecular formula is C19H31N5O5S. The number of carbonyl (C=O) groups is 2. The molecule has 0 radical (unpaired) electrons. The number of amides is 2. The molecule has 1 saturated carbocycles. The van der Waals surface area contributed by atoms with Crippen molar-refractivity contribution in [3.63, 3.8) is 0 Å². The molecule has 1 aromatic heterocycles. The predicted octanol–water partition coefficient (Wildman–Crippen LogP) is 1.65. The van der Waals surface area contributed by atoms with Crippen molar-refractivity contribution in [2.24, 2.45) is 11.8 Å². The van der Waals surface area contributed by atoms with E-state index in [1.807, 2.05) is 20.8 Å². The van der Waals surface area contributed by atoms with Crippen LogP contribution in [0.1, 0.15) is 51.6 Å². The molecule has 2 aliphatic rings. The Bertz CT molecular complexity index is 884. The highest BCUT2D eigenvalue weighted by atomic mass is 32.2. The van der Waals surface area contributed by atoms with Gasteiger partial charge in [-0.15, -0.1) is 0 Å². The number of hydrogen-bond acceptors (Lipinski definition) is 6. The minimum Gasteiger partial charge on any atom is -0.446 e. The van der Waals surface area contributed by atoms with Crippen molar-refractivity contribution >= 4 is 27.8 Å². The molecule has 10 nitrogen and oxygen atoms in total. The Hall–Kier alpha value is -2.14. The standard InChI is InChI=1S/C19H31N5O5S/c1-11(2)20-19(26)29-14-6-5-13(7-14)16-8-17(23-22-16)21-18(25)15-10-24(9-12(15)3)30(4,27)28/h8,11-15H,5-7,9-10H2,1-4H3,(H,20,26)(H2,21,22,23,25)/t12?,13-,14+,15?/m0/s1. The number of nitrogens with zero attached hydrogens (tertiary/aromatic N) is 2. The van der Waals surface area contributed by atoms with Gasteiger partial charge >= 0.3 is 6.09 Å². The van der Waals surface area contributed by atoms with Crippen LogP contribution in [0.15, 0.2) is 6.07 Å². The van der Waals surface area contributed by atoms with Crippen molar-refractivity contribution in [2.45, 2.75) is 58.1 Å². The third kappa shape index (κ3) is 5.51. The van der Waals surface area contributed by atoms with E-state index in [1.54, 1.807) is 6.07 Å². The second-order valence-corrected chi connectivity index (χ2v) is 10.7. The maximum atomic E-state index is 12.6. The molecule has 2 unspecified atom stereocenters. The minimum absolute atomic E-state index is 0.0283. The third-order valence-corrected chi connectivity index (χ3v) is 6.97. The first kappa shape index (κ1) is 22.5. The molecule has 3 N–H and O–H groups in total. The molecule has 3 rings (SSSR count). The van der Waals surface area contributed by atoms with Crippen molar-refractivity contribution in [3.05, 3.63) is 11.8 Å². The highest BCUT2D eigenvalue weighted by Crippen LogP contribution is 2.36. The number of aromatic nitrogens is 2. The number of hydrogen-bond donors (Lipinski definition) is 3. The molecule has 11 heteroatoms. The zero-order valence-corrected chi connectivity index (χ0v) is 18.7. The first-order chi connectivity index (χ1) is 14.0. The van der Waals surface area contributed by atoms with Crippen molar-refractivity contribution in [1.82, 2.24) is 19.8 Å². The molecule has 2 amide bonds. The lowest BCUT2D eigenvalue weighted by molar-refractivity contribution is -0.120. The lowest BCUT2D eigenvalue weighted by atomic mass is 9.97.